The van der Waals surface area contributed by atoms with Crippen molar-refractivity contribution in [2.45, 2.75) is 19.6 Å². The van der Waals surface area contributed by atoms with Gasteiger partial charge in [0, 0.05) is 6.20 Å². The van der Waals surface area contributed by atoms with E-state index >= 15 is 0 Å². The van der Waals surface area contributed by atoms with Crippen molar-refractivity contribution in [3.63, 3.8) is 0 Å². The number of ether oxygens (including phenoxy) is 2. The van der Waals surface area contributed by atoms with Crippen LogP contribution in [0, 0.1) is 6.92 Å². The van der Waals surface area contributed by atoms with Gasteiger partial charge >= 0.3 is 0 Å². The maximum absolute atomic E-state index is 13.5. The molecule has 5 rings (SSSR count). The molecule has 2 aromatic carbocycles. The molecule has 0 radical (unpaired) electrons. The van der Waals surface area contributed by atoms with Crippen LogP contribution in [0.3, 0.4) is 0 Å². The van der Waals surface area contributed by atoms with Crippen LogP contribution in [0.25, 0.3) is 10.2 Å². The monoisotopic (exact) mass is 417 g/mol. The lowest BCUT2D eigenvalue weighted by Gasteiger charge is -2.29. The molecule has 150 valence electrons. The highest BCUT2D eigenvalue weighted by Crippen LogP contribution is 2.34. The molecule has 0 saturated carbocycles. The molecule has 6 nitrogen and oxygen atoms in total. The molecular formula is C23H19N3O3S. The Kier molecular flexibility index (Phi) is 4.80. The third kappa shape index (κ3) is 3.48. The Morgan fingerprint density at radius 2 is 1.93 bits per heavy atom. The number of anilines is 1. The molecule has 7 heteroatoms. The van der Waals surface area contributed by atoms with Gasteiger partial charge in [0.15, 0.2) is 16.6 Å². The summed E-state index contributed by atoms with van der Waals surface area (Å²) in [7, 11) is 0. The van der Waals surface area contributed by atoms with Crippen molar-refractivity contribution in [1.29, 1.82) is 0 Å². The Balaban J connectivity index is 1.50. The fourth-order valence-electron chi connectivity index (χ4n) is 3.40. The number of nitrogens with zero attached hydrogens (tertiary/aromatic N) is 3. The minimum absolute atomic E-state index is 0.151. The van der Waals surface area contributed by atoms with E-state index in [1.807, 2.05) is 61.5 Å². The molecule has 1 atom stereocenters. The van der Waals surface area contributed by atoms with E-state index in [0.29, 0.717) is 23.2 Å². The standard InChI is InChI=1S/C23H19N3O3S/c1-15-7-6-11-20-21(15)25-23(30-20)26(13-16-8-4-5-12-24-16)22(27)19-14-28-17-9-2-3-10-18(17)29-19/h2-12,19H,13-14H2,1H3/t19-/m1/s1. The molecule has 1 aliphatic rings. The summed E-state index contributed by atoms with van der Waals surface area (Å²) in [5.74, 6) is 1.01. The molecule has 30 heavy (non-hydrogen) atoms. The van der Waals surface area contributed by atoms with Crippen molar-refractivity contribution in [3.05, 3.63) is 78.1 Å². The second-order valence-electron chi connectivity index (χ2n) is 7.03. The van der Waals surface area contributed by atoms with E-state index in [-0.39, 0.29) is 12.5 Å². The van der Waals surface area contributed by atoms with Crippen LogP contribution < -0.4 is 14.4 Å². The lowest BCUT2D eigenvalue weighted by molar-refractivity contribution is -0.127. The van der Waals surface area contributed by atoms with Gasteiger partial charge < -0.3 is 9.47 Å². The number of para-hydroxylation sites is 3. The van der Waals surface area contributed by atoms with Gasteiger partial charge in [-0.1, -0.05) is 41.7 Å². The molecule has 2 aromatic heterocycles. The minimum atomic E-state index is -0.753. The molecule has 0 N–H and O–H groups in total. The van der Waals surface area contributed by atoms with Crippen molar-refractivity contribution < 1.29 is 14.3 Å². The number of fused-ring (bicyclic) bond motifs is 2. The number of benzene rings is 2. The van der Waals surface area contributed by atoms with Gasteiger partial charge in [-0.25, -0.2) is 4.98 Å². The minimum Gasteiger partial charge on any atom is -0.485 e. The summed E-state index contributed by atoms with van der Waals surface area (Å²) >= 11 is 1.49. The quantitative estimate of drug-likeness (QED) is 0.493. The van der Waals surface area contributed by atoms with Crippen LogP contribution in [0.5, 0.6) is 11.5 Å². The molecule has 3 heterocycles. The predicted octanol–water partition coefficient (Wildman–Crippen LogP) is 4.37. The molecule has 1 aliphatic heterocycles. The average Bonchev–Trinajstić information content (AvgIpc) is 3.23. The molecular weight excluding hydrogens is 398 g/mol. The third-order valence-electron chi connectivity index (χ3n) is 4.94. The maximum atomic E-state index is 13.5. The van der Waals surface area contributed by atoms with Gasteiger partial charge in [0.2, 0.25) is 6.10 Å². The first-order valence-electron chi connectivity index (χ1n) is 9.65. The second-order valence-corrected chi connectivity index (χ2v) is 8.04. The van der Waals surface area contributed by atoms with Gasteiger partial charge in [-0.05, 0) is 42.8 Å². The van der Waals surface area contributed by atoms with Crippen LogP contribution in [0.2, 0.25) is 0 Å². The van der Waals surface area contributed by atoms with Crippen LogP contribution in [-0.2, 0) is 11.3 Å². The molecule has 0 bridgehead atoms. The molecule has 0 aliphatic carbocycles. The molecule has 0 fully saturated rings. The first-order chi connectivity index (χ1) is 14.7. The number of hydrogen-bond acceptors (Lipinski definition) is 6. The molecule has 4 aromatic rings. The second kappa shape index (κ2) is 7.76. The van der Waals surface area contributed by atoms with Gasteiger partial charge in [0.1, 0.15) is 6.61 Å². The lowest BCUT2D eigenvalue weighted by Crippen LogP contribution is -2.46. The summed E-state index contributed by atoms with van der Waals surface area (Å²) in [5.41, 5.74) is 2.76. The van der Waals surface area contributed by atoms with E-state index in [1.54, 1.807) is 17.2 Å². The van der Waals surface area contributed by atoms with Gasteiger partial charge in [-0.3, -0.25) is 14.7 Å². The molecule has 0 unspecified atom stereocenters. The Morgan fingerprint density at radius 3 is 2.73 bits per heavy atom. The van der Waals surface area contributed by atoms with Crippen LogP contribution >= 0.6 is 11.3 Å². The van der Waals surface area contributed by atoms with Gasteiger partial charge in [-0.2, -0.15) is 0 Å². The number of carbonyl (C=O) groups excluding carboxylic acids is 1. The topological polar surface area (TPSA) is 64.6 Å². The highest BCUT2D eigenvalue weighted by Gasteiger charge is 2.33. The van der Waals surface area contributed by atoms with Crippen LogP contribution in [0.1, 0.15) is 11.3 Å². The summed E-state index contributed by atoms with van der Waals surface area (Å²) in [4.78, 5) is 24.3. The fourth-order valence-corrected chi connectivity index (χ4v) is 4.45. The fraction of sp³-hybridized carbons (Fsp3) is 0.174. The lowest BCUT2D eigenvalue weighted by atomic mass is 10.2. The van der Waals surface area contributed by atoms with E-state index in [0.717, 1.165) is 21.5 Å². The summed E-state index contributed by atoms with van der Waals surface area (Å²) in [5, 5.41) is 0.623. The Labute approximate surface area is 177 Å². The van der Waals surface area contributed by atoms with Crippen molar-refractivity contribution in [1.82, 2.24) is 9.97 Å². The van der Waals surface area contributed by atoms with Gasteiger partial charge in [0.25, 0.3) is 5.91 Å². The summed E-state index contributed by atoms with van der Waals surface area (Å²) in [6.07, 6.45) is 0.966. The smallest absolute Gasteiger partial charge is 0.273 e. The SMILES string of the molecule is Cc1cccc2sc(N(Cc3ccccn3)C(=O)[C@H]3COc4ccccc4O3)nc12. The highest BCUT2D eigenvalue weighted by atomic mass is 32.1. The number of aromatic nitrogens is 2. The number of rotatable bonds is 4. The molecule has 1 amide bonds. The predicted molar refractivity (Wildman–Crippen MR) is 116 cm³/mol. The third-order valence-corrected chi connectivity index (χ3v) is 5.98. The van der Waals surface area contributed by atoms with E-state index in [9.17, 15) is 4.79 Å². The zero-order chi connectivity index (χ0) is 20.5. The number of pyridine rings is 1. The highest BCUT2D eigenvalue weighted by molar-refractivity contribution is 7.22. The first-order valence-corrected chi connectivity index (χ1v) is 10.5. The van der Waals surface area contributed by atoms with Gasteiger partial charge in [-0.15, -0.1) is 0 Å². The molecule has 0 saturated heterocycles. The first kappa shape index (κ1) is 18.6. The average molecular weight is 417 g/mol. The normalized spacial score (nSPS) is 15.2. The van der Waals surface area contributed by atoms with Crippen LogP contribution in [-0.4, -0.2) is 28.6 Å². The van der Waals surface area contributed by atoms with Crippen molar-refractivity contribution in [2.24, 2.45) is 0 Å². The number of carbonyl (C=O) groups is 1. The van der Waals surface area contributed by atoms with E-state index in [4.69, 9.17) is 14.5 Å². The summed E-state index contributed by atoms with van der Waals surface area (Å²) in [6, 6.07) is 19.1. The number of aryl methyl sites for hydroxylation is 1. The summed E-state index contributed by atoms with van der Waals surface area (Å²) in [6.45, 7) is 2.48. The Hall–Kier alpha value is -3.45. The summed E-state index contributed by atoms with van der Waals surface area (Å²) < 4.78 is 12.8. The van der Waals surface area contributed by atoms with E-state index in [1.165, 1.54) is 11.3 Å². The Morgan fingerprint density at radius 1 is 1.10 bits per heavy atom. The Bertz CT molecular complexity index is 1210. The van der Waals surface area contributed by atoms with Crippen LogP contribution in [0.4, 0.5) is 5.13 Å². The zero-order valence-electron chi connectivity index (χ0n) is 16.3. The number of thiazole rings is 1. The van der Waals surface area contributed by atoms with Gasteiger partial charge in [0.05, 0.1) is 22.5 Å². The number of hydrogen-bond donors (Lipinski definition) is 0. The van der Waals surface area contributed by atoms with Crippen LogP contribution in [0.15, 0.2) is 66.9 Å². The largest absolute Gasteiger partial charge is 0.485 e. The molecule has 0 spiro atoms. The van der Waals surface area contributed by atoms with Crippen molar-refractivity contribution in [2.75, 3.05) is 11.5 Å². The number of amides is 1. The van der Waals surface area contributed by atoms with E-state index < -0.39 is 6.10 Å². The zero-order valence-corrected chi connectivity index (χ0v) is 17.1. The van der Waals surface area contributed by atoms with Crippen molar-refractivity contribution in [3.8, 4) is 11.5 Å². The maximum Gasteiger partial charge on any atom is 0.273 e. The van der Waals surface area contributed by atoms with Crippen molar-refractivity contribution >= 4 is 32.6 Å². The van der Waals surface area contributed by atoms with E-state index in [2.05, 4.69) is 4.98 Å².